The average Bonchev–Trinajstić information content (AvgIpc) is 3.17. The fourth-order valence-corrected chi connectivity index (χ4v) is 8.11. The first kappa shape index (κ1) is 54.6. The zero-order chi connectivity index (χ0) is 41.3. The van der Waals surface area contributed by atoms with Crippen molar-refractivity contribution in [1.82, 2.24) is 4.90 Å². The first-order valence-corrected chi connectivity index (χ1v) is 24.8. The predicted octanol–water partition coefficient (Wildman–Crippen LogP) is 14.9. The van der Waals surface area contributed by atoms with E-state index in [4.69, 9.17) is 9.47 Å². The van der Waals surface area contributed by atoms with Crippen LogP contribution >= 0.6 is 0 Å². The number of ether oxygens (including phenoxy) is 2. The number of nitrogens with zero attached hydrogens (tertiary/aromatic N) is 1. The van der Waals surface area contributed by atoms with E-state index < -0.39 is 0 Å². The molecule has 0 rings (SSSR count). The molecule has 0 aromatic rings. The number of Topliss-reactive ketones (excluding diaryl/α,β-unsaturated/α-hetero) is 1. The van der Waals surface area contributed by atoms with Crippen molar-refractivity contribution in [2.45, 2.75) is 265 Å². The molecule has 0 aromatic carbocycles. The van der Waals surface area contributed by atoms with E-state index in [9.17, 15) is 14.4 Å². The molecule has 0 saturated carbocycles. The minimum absolute atomic E-state index is 0.0188. The molecule has 0 aliphatic heterocycles. The highest BCUT2D eigenvalue weighted by molar-refractivity contribution is 5.78. The highest BCUT2D eigenvalue weighted by Crippen LogP contribution is 2.24. The first-order valence-electron chi connectivity index (χ1n) is 24.8. The summed E-state index contributed by atoms with van der Waals surface area (Å²) in [5.74, 6) is 1.95. The van der Waals surface area contributed by atoms with E-state index in [1.807, 2.05) is 14.1 Å². The van der Waals surface area contributed by atoms with Crippen molar-refractivity contribution in [1.29, 1.82) is 0 Å². The van der Waals surface area contributed by atoms with Gasteiger partial charge in [-0.25, -0.2) is 0 Å². The van der Waals surface area contributed by atoms with Gasteiger partial charge in [-0.3, -0.25) is 14.4 Å². The molecule has 0 amide bonds. The maximum atomic E-state index is 12.6. The van der Waals surface area contributed by atoms with Gasteiger partial charge in [0.2, 0.25) is 0 Å². The van der Waals surface area contributed by atoms with Crippen molar-refractivity contribution >= 4 is 17.7 Å². The van der Waals surface area contributed by atoms with Gasteiger partial charge in [0, 0.05) is 25.7 Å². The second kappa shape index (κ2) is 41.7. The molecule has 0 N–H and O–H groups in total. The zero-order valence-electron chi connectivity index (χ0n) is 38.6. The molecule has 0 radical (unpaired) electrons. The van der Waals surface area contributed by atoms with Crippen LogP contribution in [0.25, 0.3) is 0 Å². The Kier molecular flexibility index (Phi) is 40.7. The van der Waals surface area contributed by atoms with E-state index in [1.165, 1.54) is 141 Å². The van der Waals surface area contributed by atoms with Crippen LogP contribution < -0.4 is 0 Å². The Morgan fingerprint density at radius 1 is 0.411 bits per heavy atom. The van der Waals surface area contributed by atoms with Gasteiger partial charge in [-0.15, -0.1) is 0 Å². The molecule has 332 valence electrons. The molecule has 0 saturated heterocycles. The van der Waals surface area contributed by atoms with Gasteiger partial charge >= 0.3 is 11.9 Å². The number of carbonyl (C=O) groups excluding carboxylic acids is 3. The van der Waals surface area contributed by atoms with Crippen molar-refractivity contribution in [3.63, 3.8) is 0 Å². The standard InChI is InChI=1S/C50H97NO5/c1-7-11-31-45(32-12-8-2)35-29-37-47(52)36-25-21-17-15-18-22-26-38-48(56-50(54)41-30-43-51(5)6)39-27-23-19-16-20-24-28-40-49(53)55-44-42-46(33-13-9-3)34-14-10-4/h45-46,48H,7-44H2,1-6H3. The summed E-state index contributed by atoms with van der Waals surface area (Å²) in [6, 6.07) is 0. The summed E-state index contributed by atoms with van der Waals surface area (Å²) in [6.45, 7) is 10.6. The Bertz CT molecular complexity index is 804. The molecule has 0 aromatic heterocycles. The van der Waals surface area contributed by atoms with Crippen LogP contribution in [0.15, 0.2) is 0 Å². The van der Waals surface area contributed by atoms with Gasteiger partial charge < -0.3 is 14.4 Å². The number of hydrogen-bond acceptors (Lipinski definition) is 6. The third kappa shape index (κ3) is 38.1. The maximum absolute atomic E-state index is 12.6. The molecule has 1 unspecified atom stereocenters. The largest absolute Gasteiger partial charge is 0.466 e. The third-order valence-electron chi connectivity index (χ3n) is 11.9. The van der Waals surface area contributed by atoms with E-state index in [2.05, 4.69) is 32.6 Å². The lowest BCUT2D eigenvalue weighted by molar-refractivity contribution is -0.150. The molecule has 1 atom stereocenters. The van der Waals surface area contributed by atoms with Gasteiger partial charge in [-0.1, -0.05) is 175 Å². The summed E-state index contributed by atoms with van der Waals surface area (Å²) in [6.07, 6.45) is 40.3. The summed E-state index contributed by atoms with van der Waals surface area (Å²) in [5.41, 5.74) is 0. The molecule has 0 heterocycles. The van der Waals surface area contributed by atoms with Crippen LogP contribution in [0.3, 0.4) is 0 Å². The van der Waals surface area contributed by atoms with E-state index >= 15 is 0 Å². The van der Waals surface area contributed by atoms with E-state index in [-0.39, 0.29) is 18.0 Å². The van der Waals surface area contributed by atoms with Crippen molar-refractivity contribution in [3.05, 3.63) is 0 Å². The van der Waals surface area contributed by atoms with Crippen LogP contribution in [0.5, 0.6) is 0 Å². The Morgan fingerprint density at radius 2 is 0.804 bits per heavy atom. The smallest absolute Gasteiger partial charge is 0.306 e. The fourth-order valence-electron chi connectivity index (χ4n) is 8.11. The Labute approximate surface area is 349 Å². The second-order valence-electron chi connectivity index (χ2n) is 17.8. The van der Waals surface area contributed by atoms with Crippen LogP contribution in [0.2, 0.25) is 0 Å². The molecule has 0 bridgehead atoms. The van der Waals surface area contributed by atoms with Crippen molar-refractivity contribution in [2.75, 3.05) is 27.2 Å². The van der Waals surface area contributed by atoms with Gasteiger partial charge in [0.05, 0.1) is 6.61 Å². The molecule has 0 aliphatic carbocycles. The Hall–Kier alpha value is -1.43. The van der Waals surface area contributed by atoms with Gasteiger partial charge in [0.1, 0.15) is 11.9 Å². The highest BCUT2D eigenvalue weighted by atomic mass is 16.5. The van der Waals surface area contributed by atoms with Gasteiger partial charge in [-0.2, -0.15) is 0 Å². The highest BCUT2D eigenvalue weighted by Gasteiger charge is 2.15. The predicted molar refractivity (Wildman–Crippen MR) is 240 cm³/mol. The molecule has 0 spiro atoms. The Balaban J connectivity index is 4.17. The number of ketones is 1. The number of rotatable bonds is 44. The third-order valence-corrected chi connectivity index (χ3v) is 11.9. The van der Waals surface area contributed by atoms with Crippen LogP contribution in [0.1, 0.15) is 259 Å². The Morgan fingerprint density at radius 3 is 1.29 bits per heavy atom. The summed E-state index contributed by atoms with van der Waals surface area (Å²) in [5, 5.41) is 0. The van der Waals surface area contributed by atoms with E-state index in [1.54, 1.807) is 0 Å². The number of unbranched alkanes of at least 4 members (excludes halogenated alkanes) is 16. The second-order valence-corrected chi connectivity index (χ2v) is 17.8. The normalized spacial score (nSPS) is 12.2. The molecular formula is C50H97NO5. The zero-order valence-corrected chi connectivity index (χ0v) is 38.6. The van der Waals surface area contributed by atoms with Crippen LogP contribution in [0, 0.1) is 11.8 Å². The fraction of sp³-hybridized carbons (Fsp3) is 0.940. The van der Waals surface area contributed by atoms with E-state index in [0.717, 1.165) is 89.5 Å². The lowest BCUT2D eigenvalue weighted by Crippen LogP contribution is -2.20. The molecule has 0 aliphatic rings. The lowest BCUT2D eigenvalue weighted by Gasteiger charge is -2.18. The van der Waals surface area contributed by atoms with Crippen LogP contribution in [0.4, 0.5) is 0 Å². The lowest BCUT2D eigenvalue weighted by atomic mass is 9.90. The number of esters is 2. The topological polar surface area (TPSA) is 72.9 Å². The van der Waals surface area contributed by atoms with Crippen LogP contribution in [-0.4, -0.2) is 56.0 Å². The number of hydrogen-bond donors (Lipinski definition) is 0. The molecule has 56 heavy (non-hydrogen) atoms. The van der Waals surface area contributed by atoms with Gasteiger partial charge in [0.25, 0.3) is 0 Å². The molecular weight excluding hydrogens is 695 g/mol. The summed E-state index contributed by atoms with van der Waals surface area (Å²) >= 11 is 0. The first-order chi connectivity index (χ1) is 27.2. The van der Waals surface area contributed by atoms with Gasteiger partial charge in [0.15, 0.2) is 0 Å². The summed E-state index contributed by atoms with van der Waals surface area (Å²) < 4.78 is 11.6. The number of carbonyl (C=O) groups is 3. The average molecular weight is 792 g/mol. The minimum atomic E-state index is -0.0365. The quantitative estimate of drug-likeness (QED) is 0.0452. The van der Waals surface area contributed by atoms with Crippen molar-refractivity contribution < 1.29 is 23.9 Å². The van der Waals surface area contributed by atoms with Crippen LogP contribution in [-0.2, 0) is 23.9 Å². The summed E-state index contributed by atoms with van der Waals surface area (Å²) in [7, 11) is 4.09. The van der Waals surface area contributed by atoms with Crippen molar-refractivity contribution in [3.8, 4) is 0 Å². The summed E-state index contributed by atoms with van der Waals surface area (Å²) in [4.78, 5) is 39.5. The molecule has 0 fully saturated rings. The van der Waals surface area contributed by atoms with Crippen molar-refractivity contribution in [2.24, 2.45) is 11.8 Å². The maximum Gasteiger partial charge on any atom is 0.306 e. The molecule has 6 nitrogen and oxygen atoms in total. The minimum Gasteiger partial charge on any atom is -0.466 e. The van der Waals surface area contributed by atoms with Gasteiger partial charge in [-0.05, 0) is 90.3 Å². The monoisotopic (exact) mass is 792 g/mol. The molecule has 6 heteroatoms. The van der Waals surface area contributed by atoms with E-state index in [0.29, 0.717) is 31.1 Å². The SMILES string of the molecule is CCCCC(CCCC)CCCC(=O)CCCCCCCCCC(CCCCCCCCCC(=O)OCCC(CCCC)CCCC)OC(=O)CCCN(C)C.